The van der Waals surface area contributed by atoms with E-state index < -0.39 is 5.97 Å². The summed E-state index contributed by atoms with van der Waals surface area (Å²) < 4.78 is 12.1. The second-order valence-corrected chi connectivity index (χ2v) is 8.97. The van der Waals surface area contributed by atoms with Crippen LogP contribution in [0, 0.1) is 10.8 Å². The number of likely N-dealkylation sites (tertiary alicyclic amines) is 1. The first-order chi connectivity index (χ1) is 16.8. The summed E-state index contributed by atoms with van der Waals surface area (Å²) in [6.07, 6.45) is 2.19. The lowest BCUT2D eigenvalue weighted by Crippen LogP contribution is -2.44. The van der Waals surface area contributed by atoms with Crippen LogP contribution in [0.2, 0.25) is 0 Å². The third kappa shape index (κ3) is 6.14. The van der Waals surface area contributed by atoms with Gasteiger partial charge < -0.3 is 35.8 Å². The number of guanidine groups is 2. The molecule has 1 saturated heterocycles. The van der Waals surface area contributed by atoms with Gasteiger partial charge in [0.1, 0.15) is 24.2 Å². The van der Waals surface area contributed by atoms with Gasteiger partial charge in [0.2, 0.25) is 0 Å². The Labute approximate surface area is 204 Å². The molecule has 186 valence electrons. The third-order valence-corrected chi connectivity index (χ3v) is 6.53. The van der Waals surface area contributed by atoms with Crippen molar-refractivity contribution in [2.24, 2.45) is 11.5 Å². The minimum atomic E-state index is -0.920. The Hall–Kier alpha value is -3.95. The van der Waals surface area contributed by atoms with Gasteiger partial charge in [0.25, 0.3) is 0 Å². The summed E-state index contributed by atoms with van der Waals surface area (Å²) in [5, 5.41) is 24.6. The first kappa shape index (κ1) is 24.2. The Morgan fingerprint density at radius 3 is 2.34 bits per heavy atom. The number of fused-ring (bicyclic) bond motifs is 1. The maximum absolute atomic E-state index is 11.5. The van der Waals surface area contributed by atoms with Crippen LogP contribution in [0.3, 0.4) is 0 Å². The lowest BCUT2D eigenvalue weighted by molar-refractivity contribution is -0.136. The van der Waals surface area contributed by atoms with E-state index in [1.165, 1.54) is 5.56 Å². The molecule has 35 heavy (non-hydrogen) atoms. The topological polar surface area (TPSA) is 162 Å². The number of ether oxygens (including phenoxy) is 2. The minimum absolute atomic E-state index is 0.00422. The Morgan fingerprint density at radius 1 is 0.943 bits per heavy atom. The molecule has 2 heterocycles. The summed E-state index contributed by atoms with van der Waals surface area (Å²) in [4.78, 5) is 15.1. The number of hydrogen-bond acceptors (Lipinski definition) is 5. The standard InChI is InChI=1S/C25H32N6O4/c26-24(27)30-9-6-20(7-10-30)35-22-4-2-17(18(11-22)13-23(32)33)15-34-21-3-1-16-5-8-31(25(28)29)14-19(16)12-21/h1-4,11-12,20H,5-10,13-15H2,(H3,26,27)(H3,28,29)(H,32,33). The molecule has 0 aliphatic carbocycles. The lowest BCUT2D eigenvalue weighted by Gasteiger charge is -2.32. The van der Waals surface area contributed by atoms with Gasteiger partial charge in [-0.15, -0.1) is 0 Å². The van der Waals surface area contributed by atoms with Gasteiger partial charge in [0.15, 0.2) is 11.9 Å². The summed E-state index contributed by atoms with van der Waals surface area (Å²) in [6, 6.07) is 11.4. The van der Waals surface area contributed by atoms with Gasteiger partial charge in [-0.2, -0.15) is 0 Å². The molecule has 2 aromatic rings. The first-order valence-corrected chi connectivity index (χ1v) is 11.7. The molecule has 2 aliphatic heterocycles. The fraction of sp³-hybridized carbons (Fsp3) is 0.400. The van der Waals surface area contributed by atoms with Gasteiger partial charge in [-0.05, 0) is 52.9 Å². The minimum Gasteiger partial charge on any atom is -0.490 e. The number of hydrogen-bond donors (Lipinski definition) is 5. The predicted molar refractivity (Wildman–Crippen MR) is 132 cm³/mol. The molecule has 0 bridgehead atoms. The second kappa shape index (κ2) is 10.5. The molecule has 0 amide bonds. The largest absolute Gasteiger partial charge is 0.490 e. The van der Waals surface area contributed by atoms with Gasteiger partial charge in [0, 0.05) is 39.0 Å². The normalized spacial score (nSPS) is 15.9. The second-order valence-electron chi connectivity index (χ2n) is 8.97. The van der Waals surface area contributed by atoms with E-state index >= 15 is 0 Å². The van der Waals surface area contributed by atoms with E-state index in [0.717, 1.165) is 36.9 Å². The van der Waals surface area contributed by atoms with Crippen LogP contribution in [0.25, 0.3) is 0 Å². The Kier molecular flexibility index (Phi) is 7.28. The molecule has 10 nitrogen and oxygen atoms in total. The van der Waals surface area contributed by atoms with E-state index in [0.29, 0.717) is 36.7 Å². The number of piperidine rings is 1. The Bertz CT molecular complexity index is 1110. The predicted octanol–water partition coefficient (Wildman–Crippen LogP) is 1.88. The maximum atomic E-state index is 11.5. The van der Waals surface area contributed by atoms with Crippen molar-refractivity contribution < 1.29 is 19.4 Å². The molecule has 0 aromatic heterocycles. The monoisotopic (exact) mass is 480 g/mol. The van der Waals surface area contributed by atoms with Gasteiger partial charge in [-0.3, -0.25) is 15.6 Å². The zero-order valence-corrected chi connectivity index (χ0v) is 19.6. The van der Waals surface area contributed by atoms with Crippen molar-refractivity contribution in [1.82, 2.24) is 9.80 Å². The summed E-state index contributed by atoms with van der Waals surface area (Å²) in [6.45, 7) is 2.86. The number of nitrogens with zero attached hydrogens (tertiary/aromatic N) is 2. The number of nitrogens with one attached hydrogen (secondary N) is 2. The quantitative estimate of drug-likeness (QED) is 0.296. The average Bonchev–Trinajstić information content (AvgIpc) is 2.83. The number of nitrogens with two attached hydrogens (primary N) is 2. The van der Waals surface area contributed by atoms with Crippen LogP contribution in [0.4, 0.5) is 0 Å². The summed E-state index contributed by atoms with van der Waals surface area (Å²) in [5.41, 5.74) is 14.9. The summed E-state index contributed by atoms with van der Waals surface area (Å²) in [5.74, 6) is 0.535. The highest BCUT2D eigenvalue weighted by Gasteiger charge is 2.22. The van der Waals surface area contributed by atoms with Crippen LogP contribution in [0.5, 0.6) is 11.5 Å². The molecule has 2 aliphatic rings. The fourth-order valence-corrected chi connectivity index (χ4v) is 4.54. The number of carbonyl (C=O) groups is 1. The molecule has 0 unspecified atom stereocenters. The van der Waals surface area contributed by atoms with Gasteiger partial charge in [0.05, 0.1) is 6.42 Å². The molecule has 0 saturated carbocycles. The molecular weight excluding hydrogens is 448 g/mol. The van der Waals surface area contributed by atoms with E-state index in [1.807, 2.05) is 40.1 Å². The smallest absolute Gasteiger partial charge is 0.307 e. The van der Waals surface area contributed by atoms with Gasteiger partial charge in [-0.1, -0.05) is 12.1 Å². The van der Waals surface area contributed by atoms with Gasteiger partial charge >= 0.3 is 5.97 Å². The van der Waals surface area contributed by atoms with E-state index in [1.54, 1.807) is 6.07 Å². The van der Waals surface area contributed by atoms with E-state index in [-0.39, 0.29) is 31.1 Å². The van der Waals surface area contributed by atoms with E-state index in [9.17, 15) is 9.90 Å². The SMILES string of the molecule is N=C(N)N1CCC(Oc2ccc(COc3ccc4c(c3)CN(C(=N)N)CC4)c(CC(=O)O)c2)CC1. The van der Waals surface area contributed by atoms with Crippen molar-refractivity contribution in [3.05, 3.63) is 58.7 Å². The highest BCUT2D eigenvalue weighted by molar-refractivity contribution is 5.75. The number of benzene rings is 2. The number of aliphatic carboxylic acids is 1. The number of carboxylic acids is 1. The first-order valence-electron chi connectivity index (χ1n) is 11.7. The van der Waals surface area contributed by atoms with Crippen molar-refractivity contribution >= 4 is 17.9 Å². The van der Waals surface area contributed by atoms with Crippen molar-refractivity contribution in [1.29, 1.82) is 10.8 Å². The summed E-state index contributed by atoms with van der Waals surface area (Å²) in [7, 11) is 0. The van der Waals surface area contributed by atoms with Crippen molar-refractivity contribution in [2.45, 2.75) is 44.9 Å². The molecule has 4 rings (SSSR count). The molecule has 0 spiro atoms. The van der Waals surface area contributed by atoms with Crippen LogP contribution < -0.4 is 20.9 Å². The number of rotatable bonds is 7. The third-order valence-electron chi connectivity index (χ3n) is 6.53. The highest BCUT2D eigenvalue weighted by atomic mass is 16.5. The van der Waals surface area contributed by atoms with Crippen LogP contribution in [-0.2, 0) is 30.8 Å². The summed E-state index contributed by atoms with van der Waals surface area (Å²) >= 11 is 0. The average molecular weight is 481 g/mol. The van der Waals surface area contributed by atoms with Crippen molar-refractivity contribution in [3.8, 4) is 11.5 Å². The molecule has 7 N–H and O–H groups in total. The van der Waals surface area contributed by atoms with Crippen LogP contribution in [0.15, 0.2) is 36.4 Å². The Balaban J connectivity index is 1.42. The molecule has 0 radical (unpaired) electrons. The van der Waals surface area contributed by atoms with Crippen LogP contribution >= 0.6 is 0 Å². The zero-order chi connectivity index (χ0) is 24.9. The molecule has 1 fully saturated rings. The van der Waals surface area contributed by atoms with Crippen LogP contribution in [-0.4, -0.2) is 58.5 Å². The Morgan fingerprint density at radius 2 is 1.66 bits per heavy atom. The number of carboxylic acid groups (broad SMARTS) is 1. The van der Waals surface area contributed by atoms with Gasteiger partial charge in [-0.25, -0.2) is 0 Å². The molecule has 0 atom stereocenters. The highest BCUT2D eigenvalue weighted by Crippen LogP contribution is 2.27. The van der Waals surface area contributed by atoms with Crippen LogP contribution in [0.1, 0.15) is 35.1 Å². The van der Waals surface area contributed by atoms with Crippen molar-refractivity contribution in [3.63, 3.8) is 0 Å². The van der Waals surface area contributed by atoms with E-state index in [2.05, 4.69) is 0 Å². The van der Waals surface area contributed by atoms with Crippen molar-refractivity contribution in [2.75, 3.05) is 19.6 Å². The zero-order valence-electron chi connectivity index (χ0n) is 19.6. The molecule has 2 aromatic carbocycles. The lowest BCUT2D eigenvalue weighted by atomic mass is 9.99. The fourth-order valence-electron chi connectivity index (χ4n) is 4.54. The molecular formula is C25H32N6O4. The maximum Gasteiger partial charge on any atom is 0.307 e. The molecule has 10 heteroatoms. The van der Waals surface area contributed by atoms with E-state index in [4.69, 9.17) is 31.8 Å².